The maximum Gasteiger partial charge on any atom is 0.162 e. The number of pyridine rings is 1. The van der Waals surface area contributed by atoms with Gasteiger partial charge in [0.05, 0.1) is 5.69 Å². The number of benzene rings is 1. The lowest BCUT2D eigenvalue weighted by Gasteiger charge is -2.57. The van der Waals surface area contributed by atoms with Gasteiger partial charge in [0.15, 0.2) is 5.78 Å². The summed E-state index contributed by atoms with van der Waals surface area (Å²) in [7, 11) is 0. The minimum absolute atomic E-state index is 0.0166. The van der Waals surface area contributed by atoms with E-state index in [0.717, 1.165) is 53.3 Å². The third-order valence-electron chi connectivity index (χ3n) is 8.65. The second-order valence-corrected chi connectivity index (χ2v) is 11.5. The molecular weight excluding hydrogens is 432 g/mol. The van der Waals surface area contributed by atoms with Crippen LogP contribution in [-0.2, 0) is 17.6 Å². The van der Waals surface area contributed by atoms with E-state index < -0.39 is 0 Å². The zero-order valence-corrected chi connectivity index (χ0v) is 20.9. The molecule has 5 heteroatoms. The molecule has 0 radical (unpaired) electrons. The molecule has 35 heavy (non-hydrogen) atoms. The number of carbonyl (C=O) groups is 1. The zero-order valence-electron chi connectivity index (χ0n) is 20.9. The summed E-state index contributed by atoms with van der Waals surface area (Å²) >= 11 is 0. The molecule has 3 N–H and O–H groups in total. The smallest absolute Gasteiger partial charge is 0.162 e. The van der Waals surface area contributed by atoms with Crippen LogP contribution in [0.4, 0.5) is 5.82 Å². The zero-order chi connectivity index (χ0) is 24.2. The van der Waals surface area contributed by atoms with E-state index >= 15 is 0 Å². The predicted molar refractivity (Wildman–Crippen MR) is 141 cm³/mol. The van der Waals surface area contributed by atoms with Crippen LogP contribution in [0.1, 0.15) is 69.2 Å². The van der Waals surface area contributed by atoms with E-state index in [2.05, 4.69) is 46.2 Å². The fourth-order valence-electron chi connectivity index (χ4n) is 7.69. The summed E-state index contributed by atoms with van der Waals surface area (Å²) in [6.07, 6.45) is 12.0. The number of fused-ring (bicyclic) bond motifs is 1. The molecule has 0 amide bonds. The highest BCUT2D eigenvalue weighted by Crippen LogP contribution is 2.56. The van der Waals surface area contributed by atoms with Crippen molar-refractivity contribution in [1.29, 1.82) is 0 Å². The molecular formula is C30H36N4O. The van der Waals surface area contributed by atoms with Gasteiger partial charge in [-0.05, 0) is 106 Å². The lowest BCUT2D eigenvalue weighted by Crippen LogP contribution is -2.55. The first-order valence-electron chi connectivity index (χ1n) is 13.2. The van der Waals surface area contributed by atoms with Gasteiger partial charge < -0.3 is 11.1 Å². The molecule has 0 unspecified atom stereocenters. The summed E-state index contributed by atoms with van der Waals surface area (Å²) in [6, 6.07) is 14.7. The van der Waals surface area contributed by atoms with Crippen molar-refractivity contribution in [3.63, 3.8) is 0 Å². The molecule has 0 atom stereocenters. The van der Waals surface area contributed by atoms with Crippen molar-refractivity contribution in [2.45, 2.75) is 70.8 Å². The first-order chi connectivity index (χ1) is 16.9. The van der Waals surface area contributed by atoms with Crippen LogP contribution in [0.15, 0.2) is 54.4 Å². The molecule has 3 aromatic rings. The minimum atomic E-state index is -0.0166. The normalized spacial score (nSPS) is 27.8. The number of rotatable bonds is 7. The molecule has 0 spiro atoms. The van der Waals surface area contributed by atoms with Crippen molar-refractivity contribution in [3.8, 4) is 0 Å². The second-order valence-electron chi connectivity index (χ2n) is 11.5. The van der Waals surface area contributed by atoms with E-state index in [1.165, 1.54) is 44.1 Å². The van der Waals surface area contributed by atoms with Crippen molar-refractivity contribution in [1.82, 2.24) is 9.38 Å². The molecule has 4 aliphatic rings. The van der Waals surface area contributed by atoms with Crippen LogP contribution in [0.5, 0.6) is 0 Å². The summed E-state index contributed by atoms with van der Waals surface area (Å²) < 4.78 is 2.20. The number of nitrogens with two attached hydrogens (primary N) is 1. The second kappa shape index (κ2) is 8.54. The molecule has 4 saturated carbocycles. The summed E-state index contributed by atoms with van der Waals surface area (Å²) in [5, 5.41) is 4.11. The van der Waals surface area contributed by atoms with Gasteiger partial charge >= 0.3 is 0 Å². The first kappa shape index (κ1) is 22.4. The Hall–Kier alpha value is -3.08. The summed E-state index contributed by atoms with van der Waals surface area (Å²) in [6.45, 7) is 3.37. The van der Waals surface area contributed by atoms with E-state index in [0.29, 0.717) is 11.3 Å². The Morgan fingerprint density at radius 3 is 2.29 bits per heavy atom. The van der Waals surface area contributed by atoms with Crippen molar-refractivity contribution < 1.29 is 4.79 Å². The highest BCUT2D eigenvalue weighted by atomic mass is 16.1. The standard InChI is InChI=1S/C30H36N4O/c1-19(31)28(20(2)35)25-10-11-34-27(15-25)32-26(9-8-21-6-4-3-5-7-21)29(34)33-30-16-22-12-23(17-30)14-24(13-22)18-30/h3-7,10-11,15,22-24,33H,8-9,12-14,16-18,31H2,1-2H3. The maximum absolute atomic E-state index is 12.3. The maximum atomic E-state index is 12.3. The van der Waals surface area contributed by atoms with E-state index in [1.54, 1.807) is 13.8 Å². The first-order valence-corrected chi connectivity index (χ1v) is 13.2. The third-order valence-corrected chi connectivity index (χ3v) is 8.65. The average Bonchev–Trinajstić information content (AvgIpc) is 3.13. The SMILES string of the molecule is CC(=O)C(=C(C)N)c1ccn2c(NC34CC5CC(CC(C5)C3)C4)c(CCc3ccccc3)nc2c1. The van der Waals surface area contributed by atoms with Crippen molar-refractivity contribution in [2.75, 3.05) is 5.32 Å². The van der Waals surface area contributed by atoms with Crippen LogP contribution in [-0.4, -0.2) is 20.7 Å². The van der Waals surface area contributed by atoms with Gasteiger partial charge in [0, 0.05) is 23.0 Å². The molecule has 0 saturated heterocycles. The third kappa shape index (κ3) is 4.15. The number of imidazole rings is 1. The van der Waals surface area contributed by atoms with Gasteiger partial charge in [-0.25, -0.2) is 4.98 Å². The molecule has 0 aliphatic heterocycles. The highest BCUT2D eigenvalue weighted by Gasteiger charge is 2.51. The number of carbonyl (C=O) groups excluding carboxylic acids is 1. The van der Waals surface area contributed by atoms with Gasteiger partial charge in [-0.1, -0.05) is 30.3 Å². The number of anilines is 1. The van der Waals surface area contributed by atoms with Crippen LogP contribution in [0.25, 0.3) is 11.2 Å². The molecule has 1 aromatic carbocycles. The molecule has 4 aliphatic carbocycles. The molecule has 4 bridgehead atoms. The van der Waals surface area contributed by atoms with Gasteiger partial charge in [-0.2, -0.15) is 0 Å². The van der Waals surface area contributed by atoms with Gasteiger partial charge in [-0.3, -0.25) is 9.20 Å². The lowest BCUT2D eigenvalue weighted by molar-refractivity contribution is -0.111. The Morgan fingerprint density at radius 1 is 1.03 bits per heavy atom. The van der Waals surface area contributed by atoms with Crippen LogP contribution in [0.3, 0.4) is 0 Å². The van der Waals surface area contributed by atoms with Gasteiger partial charge in [0.2, 0.25) is 0 Å². The number of allylic oxidation sites excluding steroid dienone is 2. The average molecular weight is 469 g/mol. The Kier molecular flexibility index (Phi) is 5.46. The number of aryl methyl sites for hydroxylation is 2. The van der Waals surface area contributed by atoms with Crippen LogP contribution >= 0.6 is 0 Å². The van der Waals surface area contributed by atoms with Crippen LogP contribution < -0.4 is 11.1 Å². The van der Waals surface area contributed by atoms with Crippen molar-refractivity contribution >= 4 is 22.8 Å². The monoisotopic (exact) mass is 468 g/mol. The van der Waals surface area contributed by atoms with E-state index in [-0.39, 0.29) is 11.3 Å². The molecule has 182 valence electrons. The molecule has 5 nitrogen and oxygen atoms in total. The lowest BCUT2D eigenvalue weighted by atomic mass is 9.53. The Labute approximate surface area is 207 Å². The predicted octanol–water partition coefficient (Wildman–Crippen LogP) is 5.78. The quantitative estimate of drug-likeness (QED) is 0.431. The molecule has 4 fully saturated rings. The number of nitrogens with zero attached hydrogens (tertiary/aromatic N) is 2. The Bertz CT molecular complexity index is 1260. The van der Waals surface area contributed by atoms with Crippen LogP contribution in [0, 0.1) is 17.8 Å². The van der Waals surface area contributed by atoms with Crippen molar-refractivity contribution in [2.24, 2.45) is 23.5 Å². The number of aromatic nitrogens is 2. The van der Waals surface area contributed by atoms with Crippen LogP contribution in [0.2, 0.25) is 0 Å². The number of hydrogen-bond donors (Lipinski definition) is 2. The molecule has 2 aromatic heterocycles. The fourth-order valence-corrected chi connectivity index (χ4v) is 7.69. The van der Waals surface area contributed by atoms with Gasteiger partial charge in [0.1, 0.15) is 11.5 Å². The number of hydrogen-bond acceptors (Lipinski definition) is 4. The molecule has 2 heterocycles. The van der Waals surface area contributed by atoms with Crippen molar-refractivity contribution in [3.05, 3.63) is 71.2 Å². The number of ketones is 1. The minimum Gasteiger partial charge on any atom is -0.402 e. The van der Waals surface area contributed by atoms with Gasteiger partial charge in [-0.15, -0.1) is 0 Å². The van der Waals surface area contributed by atoms with Gasteiger partial charge in [0.25, 0.3) is 0 Å². The highest BCUT2D eigenvalue weighted by molar-refractivity contribution is 6.20. The number of Topliss-reactive ketones (excluding diaryl/α,β-unsaturated/α-hetero) is 1. The Morgan fingerprint density at radius 2 is 1.69 bits per heavy atom. The van der Waals surface area contributed by atoms with E-state index in [1.807, 2.05) is 12.1 Å². The topological polar surface area (TPSA) is 72.4 Å². The Balaban J connectivity index is 1.39. The summed E-state index contributed by atoms with van der Waals surface area (Å²) in [5.74, 6) is 3.76. The van der Waals surface area contributed by atoms with E-state index in [9.17, 15) is 4.79 Å². The summed E-state index contributed by atoms with van der Waals surface area (Å²) in [5.41, 5.74) is 11.5. The number of nitrogens with one attached hydrogen (secondary N) is 1. The summed E-state index contributed by atoms with van der Waals surface area (Å²) in [4.78, 5) is 17.4. The van der Waals surface area contributed by atoms with E-state index in [4.69, 9.17) is 10.7 Å². The largest absolute Gasteiger partial charge is 0.402 e. The fraction of sp³-hybridized carbons (Fsp3) is 0.467. The molecule has 7 rings (SSSR count).